The zero-order valence-electron chi connectivity index (χ0n) is 9.28. The summed E-state index contributed by atoms with van der Waals surface area (Å²) in [6.45, 7) is 3.70. The van der Waals surface area contributed by atoms with Crippen LogP contribution in [0.3, 0.4) is 0 Å². The number of aromatic nitrogens is 2. The summed E-state index contributed by atoms with van der Waals surface area (Å²) in [5.41, 5.74) is 1.24. The molecule has 1 aliphatic heterocycles. The molecule has 0 unspecified atom stereocenters. The van der Waals surface area contributed by atoms with Gasteiger partial charge >= 0.3 is 0 Å². The van der Waals surface area contributed by atoms with E-state index in [1.807, 2.05) is 17.9 Å². The molecule has 0 aliphatic carbocycles. The highest BCUT2D eigenvalue weighted by molar-refractivity contribution is 5.03. The molecule has 0 spiro atoms. The maximum absolute atomic E-state index is 5.46. The first-order valence-electron chi connectivity index (χ1n) is 5.62. The van der Waals surface area contributed by atoms with Gasteiger partial charge in [0.1, 0.15) is 0 Å². The fourth-order valence-electron chi connectivity index (χ4n) is 2.02. The van der Waals surface area contributed by atoms with Gasteiger partial charge in [-0.25, -0.2) is 0 Å². The zero-order valence-corrected chi connectivity index (χ0v) is 9.28. The first-order valence-corrected chi connectivity index (χ1v) is 5.62. The van der Waals surface area contributed by atoms with Gasteiger partial charge in [0.25, 0.3) is 0 Å². The van der Waals surface area contributed by atoms with Gasteiger partial charge in [-0.1, -0.05) is 0 Å². The zero-order chi connectivity index (χ0) is 10.5. The van der Waals surface area contributed by atoms with E-state index in [0.717, 1.165) is 26.3 Å². The average molecular weight is 209 g/mol. The van der Waals surface area contributed by atoms with E-state index in [2.05, 4.69) is 16.6 Å². The third-order valence-corrected chi connectivity index (χ3v) is 2.77. The number of hydrogen-bond donors (Lipinski definition) is 1. The Morgan fingerprint density at radius 3 is 3.33 bits per heavy atom. The lowest BCUT2D eigenvalue weighted by Gasteiger charge is -2.21. The summed E-state index contributed by atoms with van der Waals surface area (Å²) < 4.78 is 7.49. The molecule has 84 valence electrons. The molecule has 1 aromatic heterocycles. The molecule has 0 aromatic carbocycles. The monoisotopic (exact) mass is 209 g/mol. The molecule has 0 radical (unpaired) electrons. The van der Waals surface area contributed by atoms with Crippen LogP contribution in [0.15, 0.2) is 12.4 Å². The Hall–Kier alpha value is -0.870. The molecule has 0 bridgehead atoms. The molecule has 2 heterocycles. The second-order valence-corrected chi connectivity index (χ2v) is 4.18. The highest BCUT2D eigenvalue weighted by Gasteiger charge is 2.14. The quantitative estimate of drug-likeness (QED) is 0.805. The van der Waals surface area contributed by atoms with Crippen molar-refractivity contribution < 1.29 is 4.74 Å². The van der Waals surface area contributed by atoms with Gasteiger partial charge in [-0.2, -0.15) is 5.10 Å². The van der Waals surface area contributed by atoms with Crippen molar-refractivity contribution in [3.63, 3.8) is 0 Å². The van der Waals surface area contributed by atoms with E-state index < -0.39 is 0 Å². The van der Waals surface area contributed by atoms with Crippen molar-refractivity contribution in [2.75, 3.05) is 20.3 Å². The van der Waals surface area contributed by atoms with Crippen LogP contribution in [0.1, 0.15) is 18.4 Å². The van der Waals surface area contributed by atoms with E-state index in [1.165, 1.54) is 18.4 Å². The van der Waals surface area contributed by atoms with Gasteiger partial charge < -0.3 is 10.1 Å². The second-order valence-electron chi connectivity index (χ2n) is 4.18. The Kier molecular flexibility index (Phi) is 3.75. The summed E-state index contributed by atoms with van der Waals surface area (Å²) in [6, 6.07) is 0. The highest BCUT2D eigenvalue weighted by atomic mass is 16.5. The van der Waals surface area contributed by atoms with Crippen molar-refractivity contribution in [2.24, 2.45) is 5.92 Å². The number of hydrogen-bond acceptors (Lipinski definition) is 3. The molecule has 0 amide bonds. The van der Waals surface area contributed by atoms with E-state index in [-0.39, 0.29) is 0 Å². The molecule has 2 rings (SSSR count). The van der Waals surface area contributed by atoms with Gasteiger partial charge in [0.2, 0.25) is 0 Å². The Bertz CT molecular complexity index is 292. The molecule has 1 aliphatic rings. The van der Waals surface area contributed by atoms with Crippen molar-refractivity contribution in [1.29, 1.82) is 0 Å². The van der Waals surface area contributed by atoms with Crippen LogP contribution >= 0.6 is 0 Å². The fraction of sp³-hybridized carbons (Fsp3) is 0.727. The molecular formula is C11H19N3O. The minimum atomic E-state index is 0.640. The van der Waals surface area contributed by atoms with Crippen molar-refractivity contribution in [3.8, 4) is 0 Å². The maximum atomic E-state index is 5.46. The number of ether oxygens (including phenoxy) is 1. The normalized spacial score (nSPS) is 21.8. The summed E-state index contributed by atoms with van der Waals surface area (Å²) in [5, 5.41) is 7.47. The van der Waals surface area contributed by atoms with E-state index in [1.54, 1.807) is 0 Å². The minimum Gasteiger partial charge on any atom is -0.381 e. The molecule has 1 saturated heterocycles. The van der Waals surface area contributed by atoms with Gasteiger partial charge in [0, 0.05) is 37.4 Å². The van der Waals surface area contributed by atoms with Crippen LogP contribution in [0.5, 0.6) is 0 Å². The summed E-state index contributed by atoms with van der Waals surface area (Å²) in [4.78, 5) is 0. The van der Waals surface area contributed by atoms with Crippen molar-refractivity contribution >= 4 is 0 Å². The summed E-state index contributed by atoms with van der Waals surface area (Å²) in [5.74, 6) is 0.640. The Balaban J connectivity index is 1.86. The first kappa shape index (κ1) is 10.6. The Morgan fingerprint density at radius 1 is 1.67 bits per heavy atom. The third-order valence-electron chi connectivity index (χ3n) is 2.77. The predicted octanol–water partition coefficient (Wildman–Crippen LogP) is 1.03. The third kappa shape index (κ3) is 3.04. The lowest BCUT2D eigenvalue weighted by Crippen LogP contribution is -2.22. The second kappa shape index (κ2) is 5.28. The molecule has 1 N–H and O–H groups in total. The molecular weight excluding hydrogens is 190 g/mol. The lowest BCUT2D eigenvalue weighted by atomic mass is 10.0. The molecule has 1 fully saturated rings. The van der Waals surface area contributed by atoms with Gasteiger partial charge in [0.05, 0.1) is 12.8 Å². The molecule has 1 aromatic rings. The van der Waals surface area contributed by atoms with Gasteiger partial charge in [-0.05, 0) is 19.9 Å². The standard InChI is InChI=1S/C11H19N3O/c1-12-5-11-6-13-14(8-11)7-10-3-2-4-15-9-10/h6,8,10,12H,2-5,7,9H2,1H3/t10-/m1/s1. The highest BCUT2D eigenvalue weighted by Crippen LogP contribution is 2.15. The smallest absolute Gasteiger partial charge is 0.0534 e. The van der Waals surface area contributed by atoms with Crippen LogP contribution in [-0.2, 0) is 17.8 Å². The number of nitrogens with zero attached hydrogens (tertiary/aromatic N) is 2. The van der Waals surface area contributed by atoms with Gasteiger partial charge in [0.15, 0.2) is 0 Å². The van der Waals surface area contributed by atoms with Crippen LogP contribution < -0.4 is 5.32 Å². The van der Waals surface area contributed by atoms with Crippen LogP contribution in [0.4, 0.5) is 0 Å². The van der Waals surface area contributed by atoms with Gasteiger partial charge in [-0.15, -0.1) is 0 Å². The van der Waals surface area contributed by atoms with Crippen LogP contribution in [0.25, 0.3) is 0 Å². The maximum Gasteiger partial charge on any atom is 0.0534 e. The summed E-state index contributed by atoms with van der Waals surface area (Å²) in [6.07, 6.45) is 6.50. The predicted molar refractivity (Wildman–Crippen MR) is 58.5 cm³/mol. The van der Waals surface area contributed by atoms with Crippen LogP contribution in [-0.4, -0.2) is 30.0 Å². The Labute approximate surface area is 90.6 Å². The molecule has 15 heavy (non-hydrogen) atoms. The minimum absolute atomic E-state index is 0.640. The fourth-order valence-corrected chi connectivity index (χ4v) is 2.02. The topological polar surface area (TPSA) is 39.1 Å². The SMILES string of the molecule is CNCc1cnn(C[C@H]2CCCOC2)c1. The first-order chi connectivity index (χ1) is 7.38. The Morgan fingerprint density at radius 2 is 2.60 bits per heavy atom. The van der Waals surface area contributed by atoms with Crippen LogP contribution in [0.2, 0.25) is 0 Å². The van der Waals surface area contributed by atoms with Crippen LogP contribution in [0, 0.1) is 5.92 Å². The van der Waals surface area contributed by atoms with Crippen molar-refractivity contribution in [2.45, 2.75) is 25.9 Å². The van der Waals surface area contributed by atoms with Crippen molar-refractivity contribution in [1.82, 2.24) is 15.1 Å². The molecule has 1 atom stereocenters. The number of rotatable bonds is 4. The lowest BCUT2D eigenvalue weighted by molar-refractivity contribution is 0.0470. The van der Waals surface area contributed by atoms with E-state index >= 15 is 0 Å². The summed E-state index contributed by atoms with van der Waals surface area (Å²) in [7, 11) is 1.95. The molecule has 4 nitrogen and oxygen atoms in total. The van der Waals surface area contributed by atoms with E-state index in [0.29, 0.717) is 5.92 Å². The summed E-state index contributed by atoms with van der Waals surface area (Å²) >= 11 is 0. The average Bonchev–Trinajstić information content (AvgIpc) is 2.68. The van der Waals surface area contributed by atoms with E-state index in [4.69, 9.17) is 4.74 Å². The molecule has 4 heteroatoms. The molecule has 0 saturated carbocycles. The van der Waals surface area contributed by atoms with Crippen molar-refractivity contribution in [3.05, 3.63) is 18.0 Å². The number of nitrogens with one attached hydrogen (secondary N) is 1. The largest absolute Gasteiger partial charge is 0.381 e. The van der Waals surface area contributed by atoms with Gasteiger partial charge in [-0.3, -0.25) is 4.68 Å². The van der Waals surface area contributed by atoms with E-state index in [9.17, 15) is 0 Å².